The van der Waals surface area contributed by atoms with Crippen molar-refractivity contribution < 1.29 is 0 Å². The molecule has 0 N–H and O–H groups in total. The SMILES string of the molecule is CN(C)C/C=C(\B(c1cccs1)c1cccs1)c1cccs1. The van der Waals surface area contributed by atoms with Gasteiger partial charge in [0, 0.05) is 11.4 Å². The van der Waals surface area contributed by atoms with E-state index < -0.39 is 0 Å². The molecule has 0 saturated heterocycles. The van der Waals surface area contributed by atoms with Crippen molar-refractivity contribution in [2.75, 3.05) is 20.6 Å². The van der Waals surface area contributed by atoms with Gasteiger partial charge >= 0.3 is 0 Å². The van der Waals surface area contributed by atoms with Crippen molar-refractivity contribution in [1.82, 2.24) is 4.90 Å². The fourth-order valence-corrected chi connectivity index (χ4v) is 5.04. The Morgan fingerprint density at radius 2 is 1.55 bits per heavy atom. The van der Waals surface area contributed by atoms with E-state index in [-0.39, 0.29) is 0 Å². The maximum atomic E-state index is 2.38. The second kappa shape index (κ2) is 7.42. The van der Waals surface area contributed by atoms with E-state index >= 15 is 0 Å². The van der Waals surface area contributed by atoms with Crippen molar-refractivity contribution in [1.29, 1.82) is 0 Å². The Morgan fingerprint density at radius 3 is 2.00 bits per heavy atom. The molecule has 3 rings (SSSR count). The molecular formula is C17H18BNS3. The summed E-state index contributed by atoms with van der Waals surface area (Å²) >= 11 is 5.52. The van der Waals surface area contributed by atoms with Gasteiger partial charge in [0.1, 0.15) is 0 Å². The van der Waals surface area contributed by atoms with Gasteiger partial charge in [0.05, 0.1) is 0 Å². The summed E-state index contributed by atoms with van der Waals surface area (Å²) in [4.78, 5) is 3.58. The van der Waals surface area contributed by atoms with Crippen LogP contribution in [0.4, 0.5) is 0 Å². The van der Waals surface area contributed by atoms with E-state index in [1.54, 1.807) is 0 Å². The lowest BCUT2D eigenvalue weighted by Gasteiger charge is -2.16. The maximum Gasteiger partial charge on any atom is 0.267 e. The van der Waals surface area contributed by atoms with Crippen molar-refractivity contribution >= 4 is 55.7 Å². The van der Waals surface area contributed by atoms with E-state index in [0.29, 0.717) is 6.71 Å². The Labute approximate surface area is 144 Å². The quantitative estimate of drug-likeness (QED) is 0.618. The predicted molar refractivity (Wildman–Crippen MR) is 105 cm³/mol. The van der Waals surface area contributed by atoms with Crippen LogP contribution in [0.25, 0.3) is 5.47 Å². The highest BCUT2D eigenvalue weighted by Crippen LogP contribution is 2.24. The summed E-state index contributed by atoms with van der Waals surface area (Å²) in [6.07, 6.45) is 2.38. The molecule has 0 unspecified atom stereocenters. The molecule has 0 atom stereocenters. The van der Waals surface area contributed by atoms with Gasteiger partial charge in [-0.2, -0.15) is 22.7 Å². The lowest BCUT2D eigenvalue weighted by Crippen LogP contribution is -2.40. The van der Waals surface area contributed by atoms with Crippen LogP contribution >= 0.6 is 34.0 Å². The molecule has 0 bridgehead atoms. The van der Waals surface area contributed by atoms with Crippen molar-refractivity contribution in [2.24, 2.45) is 0 Å². The van der Waals surface area contributed by atoms with Crippen molar-refractivity contribution in [2.45, 2.75) is 0 Å². The molecule has 0 amide bonds. The zero-order valence-corrected chi connectivity index (χ0v) is 15.2. The van der Waals surface area contributed by atoms with Crippen molar-refractivity contribution in [3.8, 4) is 0 Å². The largest absolute Gasteiger partial charge is 0.306 e. The highest BCUT2D eigenvalue weighted by Gasteiger charge is 2.27. The van der Waals surface area contributed by atoms with Gasteiger partial charge in [-0.1, -0.05) is 41.9 Å². The number of rotatable bonds is 6. The number of hydrogen-bond acceptors (Lipinski definition) is 4. The van der Waals surface area contributed by atoms with Crippen LogP contribution in [0.2, 0.25) is 0 Å². The molecule has 0 aromatic carbocycles. The Morgan fingerprint density at radius 1 is 0.955 bits per heavy atom. The molecule has 0 fully saturated rings. The predicted octanol–water partition coefficient (Wildman–Crippen LogP) is 3.66. The average molecular weight is 343 g/mol. The molecular weight excluding hydrogens is 325 g/mol. The number of thiophene rings is 3. The Kier molecular flexibility index (Phi) is 5.31. The molecule has 0 aliphatic rings. The highest BCUT2D eigenvalue weighted by molar-refractivity contribution is 7.35. The molecule has 1 nitrogen and oxygen atoms in total. The summed E-state index contributed by atoms with van der Waals surface area (Å²) < 4.78 is 2.83. The minimum absolute atomic E-state index is 0.346. The molecule has 3 aromatic heterocycles. The molecule has 0 saturated carbocycles. The van der Waals surface area contributed by atoms with E-state index in [1.165, 1.54) is 19.9 Å². The van der Waals surface area contributed by atoms with Crippen LogP contribution in [-0.4, -0.2) is 32.3 Å². The van der Waals surface area contributed by atoms with Crippen molar-refractivity contribution in [3.05, 3.63) is 63.5 Å². The standard InChI is InChI=1S/C17H18BNS3/c1-19(2)10-9-14(15-6-3-11-20-15)18(16-7-4-12-21-16)17-8-5-13-22-17/h3-9,11-13H,10H2,1-2H3/b14-9-. The smallest absolute Gasteiger partial charge is 0.267 e. The summed E-state index contributed by atoms with van der Waals surface area (Å²) in [7, 11) is 4.24. The van der Waals surface area contributed by atoms with E-state index in [2.05, 4.69) is 77.6 Å². The minimum atomic E-state index is 0.346. The Balaban J connectivity index is 2.07. The third-order valence-corrected chi connectivity index (χ3v) is 6.24. The molecule has 0 spiro atoms. The second-order valence-electron chi connectivity index (χ2n) is 5.36. The van der Waals surface area contributed by atoms with Gasteiger partial charge in [0.25, 0.3) is 6.71 Å². The zero-order chi connectivity index (χ0) is 15.4. The molecule has 0 aliphatic carbocycles. The fraction of sp³-hybridized carbons (Fsp3) is 0.176. The third kappa shape index (κ3) is 3.61. The normalized spacial score (nSPS) is 12.0. The van der Waals surface area contributed by atoms with E-state index in [1.807, 2.05) is 34.0 Å². The number of hydrogen-bond donors (Lipinski definition) is 0. The molecule has 22 heavy (non-hydrogen) atoms. The maximum absolute atomic E-state index is 2.38. The van der Waals surface area contributed by atoms with Gasteiger partial charge in [-0.15, -0.1) is 11.3 Å². The average Bonchev–Trinajstić information content (AvgIpc) is 3.25. The molecule has 3 heterocycles. The summed E-state index contributed by atoms with van der Waals surface area (Å²) in [5.41, 5.74) is 1.42. The van der Waals surface area contributed by atoms with Crippen LogP contribution in [0, 0.1) is 0 Å². The monoisotopic (exact) mass is 343 g/mol. The van der Waals surface area contributed by atoms with Crippen LogP contribution in [-0.2, 0) is 0 Å². The molecule has 0 radical (unpaired) electrons. The first-order valence-electron chi connectivity index (χ1n) is 7.21. The van der Waals surface area contributed by atoms with Gasteiger partial charge in [-0.3, -0.25) is 0 Å². The summed E-state index contributed by atoms with van der Waals surface area (Å²) in [6, 6.07) is 13.2. The Hall–Kier alpha value is -1.14. The van der Waals surface area contributed by atoms with Gasteiger partial charge in [0.2, 0.25) is 0 Å². The van der Waals surface area contributed by atoms with Crippen LogP contribution < -0.4 is 9.55 Å². The minimum Gasteiger partial charge on any atom is -0.306 e. The summed E-state index contributed by atoms with van der Waals surface area (Å²) in [6.45, 7) is 1.30. The van der Waals surface area contributed by atoms with E-state index in [0.717, 1.165) is 6.54 Å². The van der Waals surface area contributed by atoms with Crippen LogP contribution in [0.15, 0.2) is 58.6 Å². The first-order valence-corrected chi connectivity index (χ1v) is 9.85. The summed E-state index contributed by atoms with van der Waals surface area (Å²) in [5.74, 6) is 0. The molecule has 0 aliphatic heterocycles. The Bertz CT molecular complexity index is 663. The molecule has 3 aromatic rings. The third-order valence-electron chi connectivity index (χ3n) is 3.45. The zero-order valence-electron chi connectivity index (χ0n) is 12.7. The number of likely N-dealkylation sites (N-methyl/N-ethyl adjacent to an activating group) is 1. The topological polar surface area (TPSA) is 3.24 Å². The van der Waals surface area contributed by atoms with E-state index in [9.17, 15) is 0 Å². The van der Waals surface area contributed by atoms with Crippen LogP contribution in [0.1, 0.15) is 4.88 Å². The van der Waals surface area contributed by atoms with Gasteiger partial charge in [-0.25, -0.2) is 0 Å². The first kappa shape index (κ1) is 15.7. The van der Waals surface area contributed by atoms with Gasteiger partial charge in [0.15, 0.2) is 0 Å². The lowest BCUT2D eigenvalue weighted by atomic mass is 9.42. The van der Waals surface area contributed by atoms with Crippen molar-refractivity contribution in [3.63, 3.8) is 0 Å². The fourth-order valence-electron chi connectivity index (χ4n) is 2.44. The second-order valence-corrected chi connectivity index (χ2v) is 8.27. The lowest BCUT2D eigenvalue weighted by molar-refractivity contribution is 0.457. The van der Waals surface area contributed by atoms with Crippen LogP contribution in [0.5, 0.6) is 0 Å². The molecule has 5 heteroatoms. The van der Waals surface area contributed by atoms with Gasteiger partial charge < -0.3 is 4.90 Å². The van der Waals surface area contributed by atoms with E-state index in [4.69, 9.17) is 0 Å². The first-order chi connectivity index (χ1) is 10.8. The highest BCUT2D eigenvalue weighted by atomic mass is 32.1. The number of nitrogens with zero attached hydrogens (tertiary/aromatic N) is 1. The molecule has 112 valence electrons. The van der Waals surface area contributed by atoms with Crippen LogP contribution in [0.3, 0.4) is 0 Å². The summed E-state index contributed by atoms with van der Waals surface area (Å²) in [5, 5.41) is 6.51. The van der Waals surface area contributed by atoms with Gasteiger partial charge in [-0.05, 0) is 45.9 Å².